The summed E-state index contributed by atoms with van der Waals surface area (Å²) in [5.74, 6) is 0.349. The summed E-state index contributed by atoms with van der Waals surface area (Å²) < 4.78 is 0. The fourth-order valence-electron chi connectivity index (χ4n) is 2.77. The molecule has 1 heterocycles. The first-order valence-electron chi connectivity index (χ1n) is 8.36. The SMILES string of the molecule is CNCCCC(=O)N1CCN(C(=O)Cc2ccc(C)cc2)CC1. The highest BCUT2D eigenvalue weighted by Crippen LogP contribution is 2.09. The van der Waals surface area contributed by atoms with Crippen LogP contribution in [-0.4, -0.2) is 61.4 Å². The normalized spacial score (nSPS) is 14.9. The number of hydrogen-bond acceptors (Lipinski definition) is 3. The van der Waals surface area contributed by atoms with E-state index in [1.54, 1.807) is 0 Å². The van der Waals surface area contributed by atoms with Crippen LogP contribution in [0.25, 0.3) is 0 Å². The zero-order valence-corrected chi connectivity index (χ0v) is 14.2. The molecular formula is C18H27N3O2. The minimum atomic E-state index is 0.149. The number of piperazine rings is 1. The molecule has 0 radical (unpaired) electrons. The van der Waals surface area contributed by atoms with Gasteiger partial charge in [-0.05, 0) is 32.5 Å². The Morgan fingerprint density at radius 2 is 1.57 bits per heavy atom. The first-order chi connectivity index (χ1) is 11.1. The van der Waals surface area contributed by atoms with Gasteiger partial charge in [-0.25, -0.2) is 0 Å². The second kappa shape index (κ2) is 8.67. The molecule has 1 aromatic rings. The third kappa shape index (κ3) is 5.36. The molecule has 1 aliphatic heterocycles. The summed E-state index contributed by atoms with van der Waals surface area (Å²) in [4.78, 5) is 28.2. The van der Waals surface area contributed by atoms with Crippen LogP contribution in [-0.2, 0) is 16.0 Å². The Labute approximate surface area is 138 Å². The van der Waals surface area contributed by atoms with Crippen LogP contribution >= 0.6 is 0 Å². The zero-order chi connectivity index (χ0) is 16.7. The lowest BCUT2D eigenvalue weighted by atomic mass is 10.1. The van der Waals surface area contributed by atoms with E-state index in [-0.39, 0.29) is 11.8 Å². The quantitative estimate of drug-likeness (QED) is 0.803. The molecule has 1 saturated heterocycles. The van der Waals surface area contributed by atoms with E-state index < -0.39 is 0 Å². The summed E-state index contributed by atoms with van der Waals surface area (Å²) in [6.07, 6.45) is 1.89. The number of carbonyl (C=O) groups is 2. The third-order valence-electron chi connectivity index (χ3n) is 4.28. The average Bonchev–Trinajstić information content (AvgIpc) is 2.57. The molecule has 2 amide bonds. The van der Waals surface area contributed by atoms with E-state index in [0.717, 1.165) is 18.5 Å². The van der Waals surface area contributed by atoms with E-state index in [1.807, 2.05) is 48.0 Å². The van der Waals surface area contributed by atoms with Crippen molar-refractivity contribution in [2.24, 2.45) is 0 Å². The maximum atomic E-state index is 12.4. The molecule has 0 atom stereocenters. The fourth-order valence-corrected chi connectivity index (χ4v) is 2.77. The number of nitrogens with one attached hydrogen (secondary N) is 1. The lowest BCUT2D eigenvalue weighted by Crippen LogP contribution is -2.51. The maximum Gasteiger partial charge on any atom is 0.227 e. The van der Waals surface area contributed by atoms with Crippen molar-refractivity contribution in [2.45, 2.75) is 26.2 Å². The highest BCUT2D eigenvalue weighted by molar-refractivity contribution is 5.80. The predicted octanol–water partition coefficient (Wildman–Crippen LogP) is 1.21. The standard InChI is InChI=1S/C18H27N3O2/c1-15-5-7-16(8-6-15)14-18(23)21-12-10-20(11-13-21)17(22)4-3-9-19-2/h5-8,19H,3-4,9-14H2,1-2H3. The van der Waals surface area contributed by atoms with Gasteiger partial charge in [0.05, 0.1) is 6.42 Å². The number of carbonyl (C=O) groups excluding carboxylic acids is 2. The number of hydrogen-bond donors (Lipinski definition) is 1. The molecule has 0 aromatic heterocycles. The van der Waals surface area contributed by atoms with E-state index in [0.29, 0.717) is 39.0 Å². The van der Waals surface area contributed by atoms with Crippen LogP contribution in [0, 0.1) is 6.92 Å². The van der Waals surface area contributed by atoms with E-state index in [9.17, 15) is 9.59 Å². The van der Waals surface area contributed by atoms with Crippen LogP contribution in [0.3, 0.4) is 0 Å². The fraction of sp³-hybridized carbons (Fsp3) is 0.556. The van der Waals surface area contributed by atoms with Crippen molar-refractivity contribution in [2.75, 3.05) is 39.8 Å². The van der Waals surface area contributed by atoms with Crippen LogP contribution < -0.4 is 5.32 Å². The van der Waals surface area contributed by atoms with E-state index in [1.165, 1.54) is 5.56 Å². The van der Waals surface area contributed by atoms with Crippen molar-refractivity contribution in [3.05, 3.63) is 35.4 Å². The Morgan fingerprint density at radius 3 is 2.13 bits per heavy atom. The van der Waals surface area contributed by atoms with Gasteiger partial charge in [-0.1, -0.05) is 29.8 Å². The van der Waals surface area contributed by atoms with Gasteiger partial charge in [0.25, 0.3) is 0 Å². The molecule has 1 N–H and O–H groups in total. The minimum Gasteiger partial charge on any atom is -0.339 e. The van der Waals surface area contributed by atoms with Gasteiger partial charge in [0, 0.05) is 32.6 Å². The number of rotatable bonds is 6. The topological polar surface area (TPSA) is 52.7 Å². The molecule has 0 saturated carbocycles. The predicted molar refractivity (Wildman–Crippen MR) is 91.2 cm³/mol. The Hall–Kier alpha value is -1.88. The molecular weight excluding hydrogens is 290 g/mol. The maximum absolute atomic E-state index is 12.4. The minimum absolute atomic E-state index is 0.149. The second-order valence-corrected chi connectivity index (χ2v) is 6.13. The van der Waals surface area contributed by atoms with Gasteiger partial charge in [-0.15, -0.1) is 0 Å². The molecule has 0 spiro atoms. The van der Waals surface area contributed by atoms with Crippen molar-refractivity contribution in [1.82, 2.24) is 15.1 Å². The summed E-state index contributed by atoms with van der Waals surface area (Å²) in [6.45, 7) is 5.49. The Bertz CT molecular complexity index is 520. The first kappa shape index (κ1) is 17.5. The highest BCUT2D eigenvalue weighted by atomic mass is 16.2. The van der Waals surface area contributed by atoms with E-state index >= 15 is 0 Å². The molecule has 0 aliphatic carbocycles. The Kier molecular flexibility index (Phi) is 6.59. The van der Waals surface area contributed by atoms with E-state index in [2.05, 4.69) is 5.32 Å². The van der Waals surface area contributed by atoms with Crippen LogP contribution in [0.1, 0.15) is 24.0 Å². The summed E-state index contributed by atoms with van der Waals surface area (Å²) in [7, 11) is 1.89. The van der Waals surface area contributed by atoms with Gasteiger partial charge in [0.2, 0.25) is 11.8 Å². The highest BCUT2D eigenvalue weighted by Gasteiger charge is 2.23. The Balaban J connectivity index is 1.76. The summed E-state index contributed by atoms with van der Waals surface area (Å²) in [5.41, 5.74) is 2.25. The molecule has 5 heteroatoms. The largest absolute Gasteiger partial charge is 0.339 e. The molecule has 1 aromatic carbocycles. The van der Waals surface area contributed by atoms with Crippen molar-refractivity contribution in [3.8, 4) is 0 Å². The van der Waals surface area contributed by atoms with E-state index in [4.69, 9.17) is 0 Å². The molecule has 1 fully saturated rings. The third-order valence-corrected chi connectivity index (χ3v) is 4.28. The summed E-state index contributed by atoms with van der Waals surface area (Å²) in [6, 6.07) is 8.08. The van der Waals surface area contributed by atoms with Crippen molar-refractivity contribution >= 4 is 11.8 Å². The lowest BCUT2D eigenvalue weighted by Gasteiger charge is -2.35. The molecule has 1 aliphatic rings. The van der Waals surface area contributed by atoms with Gasteiger partial charge in [0.15, 0.2) is 0 Å². The summed E-state index contributed by atoms with van der Waals surface area (Å²) in [5, 5.41) is 3.05. The second-order valence-electron chi connectivity index (χ2n) is 6.13. The van der Waals surface area contributed by atoms with Crippen LogP contribution in [0.15, 0.2) is 24.3 Å². The molecule has 126 valence electrons. The first-order valence-corrected chi connectivity index (χ1v) is 8.36. The smallest absolute Gasteiger partial charge is 0.227 e. The van der Waals surface area contributed by atoms with Crippen LogP contribution in [0.2, 0.25) is 0 Å². The van der Waals surface area contributed by atoms with Crippen LogP contribution in [0.4, 0.5) is 0 Å². The molecule has 23 heavy (non-hydrogen) atoms. The molecule has 2 rings (SSSR count). The molecule has 0 bridgehead atoms. The number of aryl methyl sites for hydroxylation is 1. The van der Waals surface area contributed by atoms with Gasteiger partial charge >= 0.3 is 0 Å². The number of benzene rings is 1. The van der Waals surface area contributed by atoms with Crippen LogP contribution in [0.5, 0.6) is 0 Å². The van der Waals surface area contributed by atoms with Gasteiger partial charge in [-0.3, -0.25) is 9.59 Å². The Morgan fingerprint density at radius 1 is 1.00 bits per heavy atom. The van der Waals surface area contributed by atoms with Gasteiger partial charge in [-0.2, -0.15) is 0 Å². The van der Waals surface area contributed by atoms with Gasteiger partial charge in [0.1, 0.15) is 0 Å². The number of amides is 2. The molecule has 5 nitrogen and oxygen atoms in total. The lowest BCUT2D eigenvalue weighted by molar-refractivity contribution is -0.139. The number of nitrogens with zero attached hydrogens (tertiary/aromatic N) is 2. The van der Waals surface area contributed by atoms with Crippen molar-refractivity contribution < 1.29 is 9.59 Å². The average molecular weight is 317 g/mol. The molecule has 0 unspecified atom stereocenters. The summed E-state index contributed by atoms with van der Waals surface area (Å²) >= 11 is 0. The van der Waals surface area contributed by atoms with Crippen molar-refractivity contribution in [1.29, 1.82) is 0 Å². The van der Waals surface area contributed by atoms with Gasteiger partial charge < -0.3 is 15.1 Å². The van der Waals surface area contributed by atoms with Crippen molar-refractivity contribution in [3.63, 3.8) is 0 Å². The zero-order valence-electron chi connectivity index (χ0n) is 14.2. The monoisotopic (exact) mass is 317 g/mol.